The molecular weight excluding hydrogens is 162 g/mol. The molecule has 65 valence electrons. The third-order valence-electron chi connectivity index (χ3n) is 2.04. The summed E-state index contributed by atoms with van der Waals surface area (Å²) in [6.07, 6.45) is 3.12. The molecule has 0 aliphatic carbocycles. The van der Waals surface area contributed by atoms with Crippen LogP contribution in [0, 0.1) is 5.92 Å². The first-order chi connectivity index (χ1) is 5.00. The zero-order valence-corrected chi connectivity index (χ0v) is 7.82. The summed E-state index contributed by atoms with van der Waals surface area (Å²) in [6, 6.07) is 0. The summed E-state index contributed by atoms with van der Waals surface area (Å²) in [5.74, 6) is 1.41. The van der Waals surface area contributed by atoms with Crippen molar-refractivity contribution in [3.63, 3.8) is 0 Å². The molecule has 0 aromatic carbocycles. The highest BCUT2D eigenvalue weighted by atomic mass is 32.2. The van der Waals surface area contributed by atoms with Crippen LogP contribution in [0.25, 0.3) is 0 Å². The van der Waals surface area contributed by atoms with Crippen LogP contribution in [-0.2, 0) is 10.0 Å². The van der Waals surface area contributed by atoms with Crippen molar-refractivity contribution >= 4 is 10.0 Å². The summed E-state index contributed by atoms with van der Waals surface area (Å²) in [6.45, 7) is 3.43. The molecule has 11 heavy (non-hydrogen) atoms. The lowest BCUT2D eigenvalue weighted by Gasteiger charge is -2.27. The van der Waals surface area contributed by atoms with Crippen LogP contribution in [0.3, 0.4) is 0 Å². The first kappa shape index (κ1) is 9.00. The molecule has 0 aromatic heterocycles. The minimum absolute atomic E-state index is 0.671. The molecular formula is C7H14NO2S. The Morgan fingerprint density at radius 1 is 1.27 bits per heavy atom. The monoisotopic (exact) mass is 176 g/mol. The van der Waals surface area contributed by atoms with E-state index in [0.717, 1.165) is 12.8 Å². The van der Waals surface area contributed by atoms with Gasteiger partial charge in [0.2, 0.25) is 10.0 Å². The summed E-state index contributed by atoms with van der Waals surface area (Å²) in [5, 5.41) is 0. The fourth-order valence-corrected chi connectivity index (χ4v) is 2.05. The zero-order valence-electron chi connectivity index (χ0n) is 7.00. The fourth-order valence-electron chi connectivity index (χ4n) is 1.20. The molecule has 1 rings (SSSR count). The van der Waals surface area contributed by atoms with Crippen LogP contribution in [-0.4, -0.2) is 32.1 Å². The van der Waals surface area contributed by atoms with Crippen molar-refractivity contribution in [3.05, 3.63) is 5.92 Å². The lowest BCUT2D eigenvalue weighted by Crippen LogP contribution is -2.36. The normalized spacial score (nSPS) is 23.8. The van der Waals surface area contributed by atoms with Gasteiger partial charge in [-0.2, -0.15) is 0 Å². The van der Waals surface area contributed by atoms with Gasteiger partial charge in [0.15, 0.2) is 0 Å². The van der Waals surface area contributed by atoms with Crippen molar-refractivity contribution < 1.29 is 8.42 Å². The van der Waals surface area contributed by atoms with Gasteiger partial charge in [-0.25, -0.2) is 12.7 Å². The highest BCUT2D eigenvalue weighted by molar-refractivity contribution is 7.88. The van der Waals surface area contributed by atoms with E-state index in [4.69, 9.17) is 0 Å². The molecule has 1 radical (unpaired) electrons. The van der Waals surface area contributed by atoms with Crippen molar-refractivity contribution in [2.24, 2.45) is 0 Å². The molecule has 1 saturated heterocycles. The van der Waals surface area contributed by atoms with E-state index in [9.17, 15) is 8.42 Å². The Labute approximate surface area is 68.4 Å². The van der Waals surface area contributed by atoms with Gasteiger partial charge in [0.25, 0.3) is 0 Å². The first-order valence-electron chi connectivity index (χ1n) is 3.76. The molecule has 1 fully saturated rings. The molecule has 0 bridgehead atoms. The van der Waals surface area contributed by atoms with Crippen molar-refractivity contribution in [3.8, 4) is 0 Å². The van der Waals surface area contributed by atoms with E-state index >= 15 is 0 Å². The second-order valence-electron chi connectivity index (χ2n) is 3.12. The Morgan fingerprint density at radius 3 is 2.09 bits per heavy atom. The first-order valence-corrected chi connectivity index (χ1v) is 5.61. The van der Waals surface area contributed by atoms with Gasteiger partial charge in [-0.05, 0) is 18.8 Å². The topological polar surface area (TPSA) is 37.4 Å². The molecule has 1 aliphatic heterocycles. The molecule has 0 amide bonds. The highest BCUT2D eigenvalue weighted by Crippen LogP contribution is 2.19. The van der Waals surface area contributed by atoms with Gasteiger partial charge in [0.1, 0.15) is 0 Å². The predicted molar refractivity (Wildman–Crippen MR) is 44.6 cm³/mol. The Morgan fingerprint density at radius 2 is 1.73 bits per heavy atom. The summed E-state index contributed by atoms with van der Waals surface area (Å²) >= 11 is 0. The number of piperidine rings is 1. The number of nitrogens with zero attached hydrogens (tertiary/aromatic N) is 1. The van der Waals surface area contributed by atoms with Crippen LogP contribution in [0.2, 0.25) is 0 Å². The van der Waals surface area contributed by atoms with E-state index in [2.05, 4.69) is 6.92 Å². The van der Waals surface area contributed by atoms with Crippen molar-refractivity contribution in [2.75, 3.05) is 19.3 Å². The smallest absolute Gasteiger partial charge is 0.211 e. The third kappa shape index (κ3) is 2.45. The summed E-state index contributed by atoms with van der Waals surface area (Å²) in [5.41, 5.74) is 0. The Hall–Kier alpha value is -0.0900. The zero-order chi connectivity index (χ0) is 8.48. The molecule has 0 saturated carbocycles. The number of hydrogen-bond donors (Lipinski definition) is 0. The van der Waals surface area contributed by atoms with Crippen LogP contribution in [0.5, 0.6) is 0 Å². The van der Waals surface area contributed by atoms with E-state index in [1.54, 1.807) is 4.31 Å². The van der Waals surface area contributed by atoms with Crippen LogP contribution in [0.4, 0.5) is 0 Å². The molecule has 0 N–H and O–H groups in total. The standard InChI is InChI=1S/C7H14NO2S/c1-7-3-5-8(6-4-7)11(2,9)10/h3-6H2,1-2H3. The third-order valence-corrected chi connectivity index (χ3v) is 3.35. The average molecular weight is 176 g/mol. The Balaban J connectivity index is 2.53. The maximum Gasteiger partial charge on any atom is 0.211 e. The van der Waals surface area contributed by atoms with Crippen LogP contribution < -0.4 is 0 Å². The molecule has 3 nitrogen and oxygen atoms in total. The average Bonchev–Trinajstić information content (AvgIpc) is 1.86. The van der Waals surface area contributed by atoms with Gasteiger partial charge in [-0.15, -0.1) is 0 Å². The van der Waals surface area contributed by atoms with Crippen LogP contribution in [0.15, 0.2) is 0 Å². The fraction of sp³-hybridized carbons (Fsp3) is 0.857. The van der Waals surface area contributed by atoms with Gasteiger partial charge >= 0.3 is 0 Å². The van der Waals surface area contributed by atoms with E-state index < -0.39 is 10.0 Å². The van der Waals surface area contributed by atoms with E-state index in [-0.39, 0.29) is 0 Å². The lowest BCUT2D eigenvalue weighted by atomic mass is 10.0. The molecule has 1 aliphatic rings. The number of hydrogen-bond acceptors (Lipinski definition) is 2. The van der Waals surface area contributed by atoms with Gasteiger partial charge in [0.05, 0.1) is 6.26 Å². The molecule has 0 atom stereocenters. The maximum absolute atomic E-state index is 11.0. The SMILES string of the molecule is C[C]1CCN(S(C)(=O)=O)CC1. The van der Waals surface area contributed by atoms with Crippen LogP contribution in [0.1, 0.15) is 19.8 Å². The maximum atomic E-state index is 11.0. The van der Waals surface area contributed by atoms with E-state index in [1.807, 2.05) is 0 Å². The molecule has 4 heteroatoms. The molecule has 0 aromatic rings. The quantitative estimate of drug-likeness (QED) is 0.588. The Bertz CT molecular complexity index is 215. The van der Waals surface area contributed by atoms with Crippen molar-refractivity contribution in [1.82, 2.24) is 4.31 Å². The minimum atomic E-state index is -2.93. The van der Waals surface area contributed by atoms with Crippen molar-refractivity contribution in [1.29, 1.82) is 0 Å². The second-order valence-corrected chi connectivity index (χ2v) is 5.10. The van der Waals surface area contributed by atoms with Crippen molar-refractivity contribution in [2.45, 2.75) is 19.8 Å². The lowest BCUT2D eigenvalue weighted by molar-refractivity contribution is 0.367. The summed E-state index contributed by atoms with van der Waals surface area (Å²) in [7, 11) is -2.93. The van der Waals surface area contributed by atoms with E-state index in [1.165, 1.54) is 12.2 Å². The number of rotatable bonds is 1. The highest BCUT2D eigenvalue weighted by Gasteiger charge is 2.22. The largest absolute Gasteiger partial charge is 0.213 e. The predicted octanol–water partition coefficient (Wildman–Crippen LogP) is 0.636. The van der Waals surface area contributed by atoms with Gasteiger partial charge in [-0.3, -0.25) is 0 Å². The Kier molecular flexibility index (Phi) is 2.54. The van der Waals surface area contributed by atoms with Crippen LogP contribution >= 0.6 is 0 Å². The van der Waals surface area contributed by atoms with Gasteiger partial charge < -0.3 is 0 Å². The molecule has 0 unspecified atom stereocenters. The van der Waals surface area contributed by atoms with E-state index in [0.29, 0.717) is 13.1 Å². The number of sulfonamides is 1. The van der Waals surface area contributed by atoms with Gasteiger partial charge in [0, 0.05) is 13.1 Å². The molecule has 1 heterocycles. The second kappa shape index (κ2) is 3.11. The van der Waals surface area contributed by atoms with Gasteiger partial charge in [-0.1, -0.05) is 6.92 Å². The minimum Gasteiger partial charge on any atom is -0.213 e. The summed E-state index contributed by atoms with van der Waals surface area (Å²) < 4.78 is 23.6. The molecule has 0 spiro atoms. The summed E-state index contributed by atoms with van der Waals surface area (Å²) in [4.78, 5) is 0.